The smallest absolute Gasteiger partial charge is 0.191 e. The highest BCUT2D eigenvalue weighted by atomic mass is 127. The Hall–Kier alpha value is -0.0600. The summed E-state index contributed by atoms with van der Waals surface area (Å²) in [5, 5.41) is 3.47. The van der Waals surface area contributed by atoms with Gasteiger partial charge in [-0.05, 0) is 38.3 Å². The highest BCUT2D eigenvalue weighted by molar-refractivity contribution is 14.0. The van der Waals surface area contributed by atoms with Crippen molar-refractivity contribution in [3.8, 4) is 0 Å². The first-order valence-corrected chi connectivity index (χ1v) is 11.1. The first-order chi connectivity index (χ1) is 11.7. The van der Waals surface area contributed by atoms with Gasteiger partial charge in [-0.15, -0.1) is 35.3 Å². The maximum Gasteiger partial charge on any atom is 0.191 e. The van der Waals surface area contributed by atoms with Crippen LogP contribution in [0.1, 0.15) is 30.5 Å². The molecule has 0 radical (unpaired) electrons. The standard InChI is InChI=1S/C17H29N5S2.HI/c1-2-16-20-15(13-24-16)12-21-5-3-14(4-6-21)11-19-17(18)22-7-9-23-10-8-22;/h13-14H,2-12H2,1H3,(H2,18,19);1H. The zero-order valence-electron chi connectivity index (χ0n) is 15.0. The third-order valence-electron chi connectivity index (χ3n) is 4.84. The number of nitrogens with zero attached hydrogens (tertiary/aromatic N) is 4. The van der Waals surface area contributed by atoms with Crippen LogP contribution in [0, 0.1) is 5.92 Å². The van der Waals surface area contributed by atoms with Crippen LogP contribution in [0.25, 0.3) is 0 Å². The van der Waals surface area contributed by atoms with E-state index < -0.39 is 0 Å². The number of nitrogens with two attached hydrogens (primary N) is 1. The minimum Gasteiger partial charge on any atom is -0.370 e. The maximum absolute atomic E-state index is 6.16. The zero-order valence-corrected chi connectivity index (χ0v) is 19.0. The molecule has 2 saturated heterocycles. The molecule has 3 rings (SSSR count). The van der Waals surface area contributed by atoms with Gasteiger partial charge in [0.1, 0.15) is 0 Å². The van der Waals surface area contributed by atoms with E-state index in [0.717, 1.165) is 51.6 Å². The number of likely N-dealkylation sites (tertiary alicyclic amines) is 1. The Kier molecular flexibility index (Phi) is 9.29. The molecule has 0 saturated carbocycles. The number of piperidine rings is 1. The molecule has 1 aromatic rings. The lowest BCUT2D eigenvalue weighted by Gasteiger charge is -2.31. The van der Waals surface area contributed by atoms with Gasteiger partial charge in [-0.1, -0.05) is 6.92 Å². The number of halogens is 1. The molecule has 8 heteroatoms. The highest BCUT2D eigenvalue weighted by Crippen LogP contribution is 2.20. The van der Waals surface area contributed by atoms with Crippen molar-refractivity contribution in [3.05, 3.63) is 16.1 Å². The van der Waals surface area contributed by atoms with Crippen molar-refractivity contribution in [1.29, 1.82) is 0 Å². The summed E-state index contributed by atoms with van der Waals surface area (Å²) in [6.45, 7) is 8.46. The Labute approximate surface area is 176 Å². The van der Waals surface area contributed by atoms with E-state index in [-0.39, 0.29) is 24.0 Å². The van der Waals surface area contributed by atoms with Crippen LogP contribution < -0.4 is 5.73 Å². The average molecular weight is 496 g/mol. The summed E-state index contributed by atoms with van der Waals surface area (Å²) >= 11 is 3.79. The Morgan fingerprint density at radius 3 is 2.64 bits per heavy atom. The molecule has 3 heterocycles. The molecule has 2 aliphatic rings. The van der Waals surface area contributed by atoms with Gasteiger partial charge in [-0.3, -0.25) is 9.89 Å². The zero-order chi connectivity index (χ0) is 16.8. The summed E-state index contributed by atoms with van der Waals surface area (Å²) in [7, 11) is 0. The fraction of sp³-hybridized carbons (Fsp3) is 0.765. The Morgan fingerprint density at radius 1 is 1.28 bits per heavy atom. The van der Waals surface area contributed by atoms with Gasteiger partial charge in [0.25, 0.3) is 0 Å². The molecular formula is C17H30IN5S2. The minimum atomic E-state index is 0. The number of hydrogen-bond acceptors (Lipinski definition) is 5. The van der Waals surface area contributed by atoms with Gasteiger partial charge in [-0.2, -0.15) is 11.8 Å². The number of thiazole rings is 1. The van der Waals surface area contributed by atoms with Crippen LogP contribution in [0.2, 0.25) is 0 Å². The highest BCUT2D eigenvalue weighted by Gasteiger charge is 2.20. The van der Waals surface area contributed by atoms with Crippen molar-refractivity contribution in [2.24, 2.45) is 16.6 Å². The van der Waals surface area contributed by atoms with E-state index in [1.807, 2.05) is 11.8 Å². The minimum absolute atomic E-state index is 0. The molecule has 0 atom stereocenters. The maximum atomic E-state index is 6.16. The van der Waals surface area contributed by atoms with Gasteiger partial charge in [0.2, 0.25) is 0 Å². The number of aliphatic imine (C=N–C) groups is 1. The van der Waals surface area contributed by atoms with E-state index in [0.29, 0.717) is 5.92 Å². The van der Waals surface area contributed by atoms with Crippen molar-refractivity contribution in [2.75, 3.05) is 44.2 Å². The van der Waals surface area contributed by atoms with Crippen LogP contribution in [0.15, 0.2) is 10.4 Å². The third kappa shape index (κ3) is 6.55. The van der Waals surface area contributed by atoms with Gasteiger partial charge in [0.15, 0.2) is 5.96 Å². The monoisotopic (exact) mass is 495 g/mol. The van der Waals surface area contributed by atoms with Crippen molar-refractivity contribution in [3.63, 3.8) is 0 Å². The average Bonchev–Trinajstić information content (AvgIpc) is 3.09. The third-order valence-corrected chi connectivity index (χ3v) is 6.83. The molecule has 142 valence electrons. The second-order valence-electron chi connectivity index (χ2n) is 6.60. The second kappa shape index (κ2) is 10.9. The largest absolute Gasteiger partial charge is 0.370 e. The van der Waals surface area contributed by atoms with Crippen molar-refractivity contribution < 1.29 is 0 Å². The van der Waals surface area contributed by atoms with Gasteiger partial charge in [0, 0.05) is 43.1 Å². The SMILES string of the molecule is CCc1nc(CN2CCC(CN=C(N)N3CCSCC3)CC2)cs1.I. The number of aromatic nitrogens is 1. The molecule has 0 bridgehead atoms. The quantitative estimate of drug-likeness (QED) is 0.387. The molecule has 0 amide bonds. The van der Waals surface area contributed by atoms with Gasteiger partial charge < -0.3 is 10.6 Å². The normalized spacial score (nSPS) is 20.5. The summed E-state index contributed by atoms with van der Waals surface area (Å²) < 4.78 is 0. The van der Waals surface area contributed by atoms with E-state index in [2.05, 4.69) is 32.1 Å². The van der Waals surface area contributed by atoms with Gasteiger partial charge in [0.05, 0.1) is 10.7 Å². The fourth-order valence-corrected chi connectivity index (χ4v) is 4.89. The van der Waals surface area contributed by atoms with Crippen LogP contribution >= 0.6 is 47.1 Å². The Morgan fingerprint density at radius 2 is 2.00 bits per heavy atom. The predicted octanol–water partition coefficient (Wildman–Crippen LogP) is 2.90. The number of aryl methyl sites for hydroxylation is 1. The number of thioether (sulfide) groups is 1. The van der Waals surface area contributed by atoms with E-state index in [1.54, 1.807) is 11.3 Å². The summed E-state index contributed by atoms with van der Waals surface area (Å²) in [6.07, 6.45) is 3.48. The molecule has 2 fully saturated rings. The topological polar surface area (TPSA) is 57.8 Å². The first kappa shape index (κ1) is 21.2. The number of rotatable bonds is 5. The first-order valence-electron chi connectivity index (χ1n) is 9.03. The van der Waals surface area contributed by atoms with E-state index in [4.69, 9.17) is 5.73 Å². The van der Waals surface area contributed by atoms with Crippen LogP contribution in [0.5, 0.6) is 0 Å². The lowest BCUT2D eigenvalue weighted by Crippen LogP contribution is -2.43. The van der Waals surface area contributed by atoms with Crippen LogP contribution in [0.4, 0.5) is 0 Å². The molecule has 2 N–H and O–H groups in total. The summed E-state index contributed by atoms with van der Waals surface area (Å²) in [4.78, 5) is 14.1. The second-order valence-corrected chi connectivity index (χ2v) is 8.77. The van der Waals surface area contributed by atoms with Crippen molar-refractivity contribution in [2.45, 2.75) is 32.7 Å². The summed E-state index contributed by atoms with van der Waals surface area (Å²) in [5.74, 6) is 3.78. The molecule has 25 heavy (non-hydrogen) atoms. The van der Waals surface area contributed by atoms with Gasteiger partial charge >= 0.3 is 0 Å². The fourth-order valence-electron chi connectivity index (χ4n) is 3.26. The van der Waals surface area contributed by atoms with E-state index in [9.17, 15) is 0 Å². The summed E-state index contributed by atoms with van der Waals surface area (Å²) in [5.41, 5.74) is 7.40. The van der Waals surface area contributed by atoms with E-state index >= 15 is 0 Å². The van der Waals surface area contributed by atoms with Crippen LogP contribution in [-0.2, 0) is 13.0 Å². The number of hydrogen-bond donors (Lipinski definition) is 1. The summed E-state index contributed by atoms with van der Waals surface area (Å²) in [6, 6.07) is 0. The molecule has 0 aliphatic carbocycles. The Bertz CT molecular complexity index is 537. The lowest BCUT2D eigenvalue weighted by atomic mass is 9.97. The van der Waals surface area contributed by atoms with Crippen molar-refractivity contribution in [1.82, 2.24) is 14.8 Å². The lowest BCUT2D eigenvalue weighted by molar-refractivity contribution is 0.179. The molecule has 1 aromatic heterocycles. The van der Waals surface area contributed by atoms with Crippen molar-refractivity contribution >= 4 is 53.0 Å². The van der Waals surface area contributed by atoms with Crippen LogP contribution in [0.3, 0.4) is 0 Å². The number of guanidine groups is 1. The molecule has 2 aliphatic heterocycles. The molecule has 0 spiro atoms. The van der Waals surface area contributed by atoms with Gasteiger partial charge in [-0.25, -0.2) is 4.98 Å². The molecule has 0 unspecified atom stereocenters. The molecule has 0 aromatic carbocycles. The molecule has 5 nitrogen and oxygen atoms in total. The van der Waals surface area contributed by atoms with E-state index in [1.165, 1.54) is 35.0 Å². The predicted molar refractivity (Wildman–Crippen MR) is 120 cm³/mol. The van der Waals surface area contributed by atoms with Crippen LogP contribution in [-0.4, -0.2) is 65.0 Å². The Balaban J connectivity index is 0.00000225. The molecular weight excluding hydrogens is 465 g/mol.